The molecule has 0 fully saturated rings. The zero-order valence-corrected chi connectivity index (χ0v) is 14.2. The van der Waals surface area contributed by atoms with Crippen LogP contribution in [0.4, 0.5) is 0 Å². The van der Waals surface area contributed by atoms with Crippen molar-refractivity contribution in [3.8, 4) is 0 Å². The molecule has 0 nitrogen and oxygen atoms in total. The molecule has 118 valence electrons. The lowest BCUT2D eigenvalue weighted by molar-refractivity contribution is 0.254. The summed E-state index contributed by atoms with van der Waals surface area (Å²) in [6, 6.07) is 0. The van der Waals surface area contributed by atoms with E-state index in [0.717, 1.165) is 6.42 Å². The van der Waals surface area contributed by atoms with Crippen molar-refractivity contribution < 1.29 is 0 Å². The van der Waals surface area contributed by atoms with Gasteiger partial charge in [-0.05, 0) is 37.0 Å². The average molecular weight is 279 g/mol. The van der Waals surface area contributed by atoms with Crippen LogP contribution in [0.2, 0.25) is 0 Å². The van der Waals surface area contributed by atoms with Crippen LogP contribution in [0.15, 0.2) is 36.5 Å². The summed E-state index contributed by atoms with van der Waals surface area (Å²) in [7, 11) is 0. The van der Waals surface area contributed by atoms with Crippen molar-refractivity contribution in [3.05, 3.63) is 36.5 Å². The van der Waals surface area contributed by atoms with Gasteiger partial charge in [0.1, 0.15) is 0 Å². The van der Waals surface area contributed by atoms with Crippen LogP contribution in [-0.4, -0.2) is 0 Å². The highest BCUT2D eigenvalue weighted by Gasteiger charge is 2.31. The molecule has 0 heteroatoms. The third-order valence-electron chi connectivity index (χ3n) is 4.00. The quantitative estimate of drug-likeness (QED) is 0.477. The van der Waals surface area contributed by atoms with Crippen molar-refractivity contribution in [3.63, 3.8) is 0 Å². The number of hydrogen-bond donors (Lipinski definition) is 0. The molecule has 0 aromatic rings. The highest BCUT2D eigenvalue weighted by Crippen LogP contribution is 2.42. The minimum absolute atomic E-state index is 0. The molecule has 0 aliphatic heterocycles. The molecule has 0 saturated heterocycles. The third kappa shape index (κ3) is 6.59. The fourth-order valence-corrected chi connectivity index (χ4v) is 2.78. The summed E-state index contributed by atoms with van der Waals surface area (Å²) >= 11 is 0. The summed E-state index contributed by atoms with van der Waals surface area (Å²) in [5.41, 5.74) is 2.17. The lowest BCUT2D eigenvalue weighted by atomic mass is 9.68. The highest BCUT2D eigenvalue weighted by molar-refractivity contribution is 5.19. The largest absolute Gasteiger partial charge is 0.103 e. The molecular formula is C20H38. The van der Waals surface area contributed by atoms with E-state index in [1.54, 1.807) is 0 Å². The Morgan fingerprint density at radius 3 is 2.35 bits per heavy atom. The van der Waals surface area contributed by atoms with Crippen molar-refractivity contribution in [2.45, 2.75) is 75.2 Å². The van der Waals surface area contributed by atoms with E-state index in [9.17, 15) is 0 Å². The molecule has 0 saturated carbocycles. The molecule has 0 radical (unpaired) electrons. The molecule has 20 heavy (non-hydrogen) atoms. The Labute approximate surface area is 129 Å². The van der Waals surface area contributed by atoms with Crippen LogP contribution in [0.3, 0.4) is 0 Å². The lowest BCUT2D eigenvalue weighted by Crippen LogP contribution is -2.26. The van der Waals surface area contributed by atoms with E-state index in [-0.39, 0.29) is 12.8 Å². The second-order valence-corrected chi connectivity index (χ2v) is 6.79. The molecule has 0 bridgehead atoms. The molecule has 1 rings (SSSR count). The Balaban J connectivity index is 0. The van der Waals surface area contributed by atoms with Gasteiger partial charge in [0.05, 0.1) is 0 Å². The van der Waals surface area contributed by atoms with Crippen molar-refractivity contribution >= 4 is 0 Å². The van der Waals surface area contributed by atoms with Gasteiger partial charge in [-0.15, -0.1) is 6.58 Å². The Hall–Kier alpha value is -0.780. The molecule has 0 aromatic carbocycles. The molecule has 1 unspecified atom stereocenters. The van der Waals surface area contributed by atoms with E-state index in [2.05, 4.69) is 59.4 Å². The Morgan fingerprint density at radius 2 is 1.90 bits per heavy atom. The van der Waals surface area contributed by atoms with Gasteiger partial charge in [0.15, 0.2) is 0 Å². The summed E-state index contributed by atoms with van der Waals surface area (Å²) in [4.78, 5) is 0. The van der Waals surface area contributed by atoms with Crippen molar-refractivity contribution in [2.75, 3.05) is 0 Å². The fourth-order valence-electron chi connectivity index (χ4n) is 2.78. The van der Waals surface area contributed by atoms with E-state index in [1.807, 2.05) is 19.9 Å². The number of allylic oxidation sites excluding steroid dienone is 5. The topological polar surface area (TPSA) is 0 Å². The molecule has 1 aliphatic carbocycles. The van der Waals surface area contributed by atoms with Gasteiger partial charge >= 0.3 is 0 Å². The van der Waals surface area contributed by atoms with Crippen LogP contribution in [0.25, 0.3) is 0 Å². The maximum Gasteiger partial charge on any atom is 0.00255 e. The lowest BCUT2D eigenvalue weighted by Gasteiger charge is -2.37. The normalized spacial score (nSPS) is 21.4. The average Bonchev–Trinajstić information content (AvgIpc) is 2.29. The van der Waals surface area contributed by atoms with E-state index in [0.29, 0.717) is 11.3 Å². The van der Waals surface area contributed by atoms with Crippen molar-refractivity contribution in [1.29, 1.82) is 0 Å². The van der Waals surface area contributed by atoms with Crippen LogP contribution in [0.5, 0.6) is 0 Å². The molecule has 1 aliphatic rings. The maximum atomic E-state index is 3.84. The van der Waals surface area contributed by atoms with E-state index in [4.69, 9.17) is 0 Å². The van der Waals surface area contributed by atoms with Crippen LogP contribution < -0.4 is 0 Å². The first-order chi connectivity index (χ1) is 8.78. The Kier molecular flexibility index (Phi) is 9.91. The second kappa shape index (κ2) is 9.21. The third-order valence-corrected chi connectivity index (χ3v) is 4.00. The van der Waals surface area contributed by atoms with Gasteiger partial charge in [0.25, 0.3) is 0 Å². The fraction of sp³-hybridized carbons (Fsp3) is 0.700. The molecule has 0 amide bonds. The van der Waals surface area contributed by atoms with Gasteiger partial charge < -0.3 is 0 Å². The van der Waals surface area contributed by atoms with Gasteiger partial charge in [0, 0.05) is 5.92 Å². The maximum absolute atomic E-state index is 3.84. The second-order valence-electron chi connectivity index (χ2n) is 6.79. The molecule has 0 spiro atoms. The SMILES string of the molecule is C.C=CCC(C)(C)/C=C/C1C(C)=CCCC1(C)C.CC. The van der Waals surface area contributed by atoms with Crippen LogP contribution >= 0.6 is 0 Å². The van der Waals surface area contributed by atoms with E-state index >= 15 is 0 Å². The summed E-state index contributed by atoms with van der Waals surface area (Å²) in [5.74, 6) is 0.598. The van der Waals surface area contributed by atoms with E-state index < -0.39 is 0 Å². The molecular weight excluding hydrogens is 240 g/mol. The van der Waals surface area contributed by atoms with Crippen LogP contribution in [0.1, 0.15) is 75.2 Å². The first-order valence-corrected chi connectivity index (χ1v) is 7.75. The Bertz CT molecular complexity index is 326. The zero-order chi connectivity index (χ0) is 15.1. The minimum atomic E-state index is 0. The smallest absolute Gasteiger partial charge is 0.00255 e. The first kappa shape index (κ1) is 21.5. The standard InChI is InChI=1S/C17H28.C2H6.CH4/c1-7-11-16(3,4)13-10-15-14(2)9-8-12-17(15,5)6;1-2;/h7,9-10,13,15H,1,8,11-12H2,2-6H3;1-2H3;1H4/b13-10+;;. The summed E-state index contributed by atoms with van der Waals surface area (Å²) in [5, 5.41) is 0. The minimum Gasteiger partial charge on any atom is -0.103 e. The first-order valence-electron chi connectivity index (χ1n) is 7.75. The van der Waals surface area contributed by atoms with Crippen molar-refractivity contribution in [1.82, 2.24) is 0 Å². The van der Waals surface area contributed by atoms with Crippen LogP contribution in [-0.2, 0) is 0 Å². The van der Waals surface area contributed by atoms with Gasteiger partial charge in [-0.2, -0.15) is 0 Å². The van der Waals surface area contributed by atoms with Crippen molar-refractivity contribution in [2.24, 2.45) is 16.7 Å². The molecule has 0 heterocycles. The Morgan fingerprint density at radius 1 is 1.35 bits per heavy atom. The molecule has 0 N–H and O–H groups in total. The van der Waals surface area contributed by atoms with E-state index in [1.165, 1.54) is 18.4 Å². The zero-order valence-electron chi connectivity index (χ0n) is 14.2. The molecule has 1 atom stereocenters. The predicted octanol–water partition coefficient (Wildman–Crippen LogP) is 7.19. The van der Waals surface area contributed by atoms with Gasteiger partial charge in [-0.1, -0.05) is 78.8 Å². The predicted molar refractivity (Wildman–Crippen MR) is 96.1 cm³/mol. The van der Waals surface area contributed by atoms with Gasteiger partial charge in [-0.25, -0.2) is 0 Å². The highest BCUT2D eigenvalue weighted by atomic mass is 14.4. The van der Waals surface area contributed by atoms with Gasteiger partial charge in [0.2, 0.25) is 0 Å². The van der Waals surface area contributed by atoms with Crippen LogP contribution in [0, 0.1) is 16.7 Å². The number of rotatable bonds is 4. The molecule has 0 aromatic heterocycles. The number of hydrogen-bond acceptors (Lipinski definition) is 0. The monoisotopic (exact) mass is 278 g/mol. The van der Waals surface area contributed by atoms with Gasteiger partial charge in [-0.3, -0.25) is 0 Å². The summed E-state index contributed by atoms with van der Waals surface area (Å²) in [6.45, 7) is 19.4. The summed E-state index contributed by atoms with van der Waals surface area (Å²) in [6.07, 6.45) is 12.8. The summed E-state index contributed by atoms with van der Waals surface area (Å²) < 4.78 is 0.